The van der Waals surface area contributed by atoms with E-state index in [0.717, 1.165) is 4.47 Å². The van der Waals surface area contributed by atoms with Crippen LogP contribution in [0.15, 0.2) is 28.7 Å². The molecular weight excluding hydrogens is 298 g/mol. The number of likely N-dealkylation sites (tertiary alicyclic amines) is 1. The average Bonchev–Trinajstić information content (AvgIpc) is 2.78. The number of carbonyl (C=O) groups is 1. The first-order valence-corrected chi connectivity index (χ1v) is 6.74. The van der Waals surface area contributed by atoms with E-state index >= 15 is 0 Å². The zero-order chi connectivity index (χ0) is 13.1. The molecule has 1 N–H and O–H groups in total. The van der Waals surface area contributed by atoms with E-state index in [4.69, 9.17) is 4.74 Å². The van der Waals surface area contributed by atoms with Gasteiger partial charge in [-0.05, 0) is 37.6 Å². The van der Waals surface area contributed by atoms with Crippen LogP contribution < -0.4 is 4.74 Å². The van der Waals surface area contributed by atoms with E-state index in [1.54, 1.807) is 11.8 Å². The van der Waals surface area contributed by atoms with Gasteiger partial charge in [-0.15, -0.1) is 0 Å². The second kappa shape index (κ2) is 5.71. The predicted octanol–water partition coefficient (Wildman–Crippen LogP) is 1.81. The molecule has 0 saturated carbocycles. The standard InChI is InChI=1S/C13H16BrNO3/c1-9(13(17)15-7-6-11(16)8-15)18-12-4-2-10(14)3-5-12/h2-5,9,11,16H,6-8H2,1H3/t9?,11-/m0/s1. The number of rotatable bonds is 3. The summed E-state index contributed by atoms with van der Waals surface area (Å²) in [6, 6.07) is 7.36. The molecule has 1 heterocycles. The number of hydrogen-bond donors (Lipinski definition) is 1. The molecule has 98 valence electrons. The maximum atomic E-state index is 12.0. The number of β-amino-alcohol motifs (C(OH)–C–C–N with tert-alkyl or cyclic N) is 1. The molecule has 1 aromatic carbocycles. The van der Waals surface area contributed by atoms with Gasteiger partial charge in [0.2, 0.25) is 0 Å². The number of halogens is 1. The molecule has 18 heavy (non-hydrogen) atoms. The third-order valence-corrected chi connectivity index (χ3v) is 3.48. The first kappa shape index (κ1) is 13.4. The minimum Gasteiger partial charge on any atom is -0.481 e. The quantitative estimate of drug-likeness (QED) is 0.926. The first-order chi connectivity index (χ1) is 8.56. The summed E-state index contributed by atoms with van der Waals surface area (Å²) in [5, 5.41) is 9.41. The first-order valence-electron chi connectivity index (χ1n) is 5.95. The number of aliphatic hydroxyl groups is 1. The van der Waals surface area contributed by atoms with Crippen LogP contribution in [0.3, 0.4) is 0 Å². The molecule has 1 aliphatic heterocycles. The molecule has 0 aliphatic carbocycles. The molecule has 0 spiro atoms. The van der Waals surface area contributed by atoms with Crippen LogP contribution in [0.2, 0.25) is 0 Å². The lowest BCUT2D eigenvalue weighted by atomic mass is 10.3. The Morgan fingerprint density at radius 2 is 2.17 bits per heavy atom. The summed E-state index contributed by atoms with van der Waals surface area (Å²) in [5.74, 6) is 0.591. The Labute approximate surface area is 115 Å². The Morgan fingerprint density at radius 1 is 1.50 bits per heavy atom. The normalized spacial score (nSPS) is 20.8. The van der Waals surface area contributed by atoms with Gasteiger partial charge in [-0.1, -0.05) is 15.9 Å². The molecule has 1 aromatic rings. The van der Waals surface area contributed by atoms with Crippen LogP contribution in [-0.2, 0) is 4.79 Å². The highest BCUT2D eigenvalue weighted by Crippen LogP contribution is 2.18. The van der Waals surface area contributed by atoms with Crippen molar-refractivity contribution in [2.45, 2.75) is 25.6 Å². The van der Waals surface area contributed by atoms with Crippen LogP contribution in [0.1, 0.15) is 13.3 Å². The van der Waals surface area contributed by atoms with Crippen LogP contribution in [-0.4, -0.2) is 41.2 Å². The van der Waals surface area contributed by atoms with E-state index in [2.05, 4.69) is 15.9 Å². The summed E-state index contributed by atoms with van der Waals surface area (Å²) in [4.78, 5) is 13.7. The third kappa shape index (κ3) is 3.23. The van der Waals surface area contributed by atoms with Crippen molar-refractivity contribution in [1.29, 1.82) is 0 Å². The fraction of sp³-hybridized carbons (Fsp3) is 0.462. The number of amides is 1. The SMILES string of the molecule is CC(Oc1ccc(Br)cc1)C(=O)N1CC[C@H](O)C1. The minimum atomic E-state index is -0.531. The molecule has 1 saturated heterocycles. The smallest absolute Gasteiger partial charge is 0.263 e. The van der Waals surface area contributed by atoms with Crippen molar-refractivity contribution in [3.63, 3.8) is 0 Å². The number of carbonyl (C=O) groups excluding carboxylic acids is 1. The number of ether oxygens (including phenoxy) is 1. The van der Waals surface area contributed by atoms with E-state index in [1.807, 2.05) is 24.3 Å². The van der Waals surface area contributed by atoms with Crippen molar-refractivity contribution in [3.05, 3.63) is 28.7 Å². The van der Waals surface area contributed by atoms with Crippen molar-refractivity contribution < 1.29 is 14.6 Å². The number of benzene rings is 1. The lowest BCUT2D eigenvalue weighted by Gasteiger charge is -2.21. The van der Waals surface area contributed by atoms with Gasteiger partial charge in [-0.3, -0.25) is 4.79 Å². The van der Waals surface area contributed by atoms with Gasteiger partial charge in [-0.25, -0.2) is 0 Å². The summed E-state index contributed by atoms with van der Waals surface area (Å²) in [5.41, 5.74) is 0. The van der Waals surface area contributed by atoms with E-state index in [-0.39, 0.29) is 5.91 Å². The van der Waals surface area contributed by atoms with Crippen LogP contribution in [0, 0.1) is 0 Å². The van der Waals surface area contributed by atoms with Crippen molar-refractivity contribution in [1.82, 2.24) is 4.90 Å². The van der Waals surface area contributed by atoms with Gasteiger partial charge in [0, 0.05) is 17.6 Å². The average molecular weight is 314 g/mol. The second-order valence-electron chi connectivity index (χ2n) is 4.44. The summed E-state index contributed by atoms with van der Waals surface area (Å²) in [6.45, 7) is 2.75. The predicted molar refractivity (Wildman–Crippen MR) is 71.4 cm³/mol. The van der Waals surface area contributed by atoms with Crippen molar-refractivity contribution in [3.8, 4) is 5.75 Å². The van der Waals surface area contributed by atoms with Gasteiger partial charge in [0.25, 0.3) is 5.91 Å². The van der Waals surface area contributed by atoms with Crippen molar-refractivity contribution in [2.24, 2.45) is 0 Å². The minimum absolute atomic E-state index is 0.0746. The Morgan fingerprint density at radius 3 is 2.72 bits per heavy atom. The highest BCUT2D eigenvalue weighted by atomic mass is 79.9. The highest BCUT2D eigenvalue weighted by molar-refractivity contribution is 9.10. The molecule has 2 atom stereocenters. The fourth-order valence-electron chi connectivity index (χ4n) is 1.97. The monoisotopic (exact) mass is 313 g/mol. The summed E-state index contributed by atoms with van der Waals surface area (Å²) in [7, 11) is 0. The van der Waals surface area contributed by atoms with Crippen molar-refractivity contribution in [2.75, 3.05) is 13.1 Å². The highest BCUT2D eigenvalue weighted by Gasteiger charge is 2.28. The zero-order valence-electron chi connectivity index (χ0n) is 10.2. The van der Waals surface area contributed by atoms with Gasteiger partial charge < -0.3 is 14.7 Å². The van der Waals surface area contributed by atoms with Gasteiger partial charge in [0.15, 0.2) is 6.10 Å². The van der Waals surface area contributed by atoms with Crippen LogP contribution in [0.4, 0.5) is 0 Å². The molecule has 2 rings (SSSR count). The molecule has 5 heteroatoms. The Balaban J connectivity index is 1.93. The fourth-order valence-corrected chi connectivity index (χ4v) is 2.23. The zero-order valence-corrected chi connectivity index (χ0v) is 11.8. The van der Waals surface area contributed by atoms with E-state index in [1.165, 1.54) is 0 Å². The molecule has 1 amide bonds. The number of aliphatic hydroxyl groups excluding tert-OH is 1. The molecule has 0 aromatic heterocycles. The summed E-state index contributed by atoms with van der Waals surface area (Å²) in [6.07, 6.45) is -0.276. The van der Waals surface area contributed by atoms with Crippen LogP contribution in [0.5, 0.6) is 5.75 Å². The van der Waals surface area contributed by atoms with Gasteiger partial charge in [0.05, 0.1) is 6.10 Å². The van der Waals surface area contributed by atoms with E-state index < -0.39 is 12.2 Å². The number of hydrogen-bond acceptors (Lipinski definition) is 3. The van der Waals surface area contributed by atoms with Crippen molar-refractivity contribution >= 4 is 21.8 Å². The Kier molecular flexibility index (Phi) is 4.24. The Bertz CT molecular complexity index is 421. The maximum Gasteiger partial charge on any atom is 0.263 e. The maximum absolute atomic E-state index is 12.0. The molecule has 1 aliphatic rings. The largest absolute Gasteiger partial charge is 0.481 e. The summed E-state index contributed by atoms with van der Waals surface area (Å²) >= 11 is 3.34. The van der Waals surface area contributed by atoms with Gasteiger partial charge in [-0.2, -0.15) is 0 Å². The molecular formula is C13H16BrNO3. The van der Waals surface area contributed by atoms with Gasteiger partial charge in [0.1, 0.15) is 5.75 Å². The van der Waals surface area contributed by atoms with Crippen LogP contribution >= 0.6 is 15.9 Å². The lowest BCUT2D eigenvalue weighted by Crippen LogP contribution is -2.39. The van der Waals surface area contributed by atoms with Gasteiger partial charge >= 0.3 is 0 Å². The third-order valence-electron chi connectivity index (χ3n) is 2.95. The van der Waals surface area contributed by atoms with E-state index in [9.17, 15) is 9.90 Å². The number of nitrogens with zero attached hydrogens (tertiary/aromatic N) is 1. The van der Waals surface area contributed by atoms with Crippen LogP contribution in [0.25, 0.3) is 0 Å². The summed E-state index contributed by atoms with van der Waals surface area (Å²) < 4.78 is 6.55. The Hall–Kier alpha value is -1.07. The second-order valence-corrected chi connectivity index (χ2v) is 5.36. The topological polar surface area (TPSA) is 49.8 Å². The molecule has 0 bridgehead atoms. The molecule has 1 fully saturated rings. The lowest BCUT2D eigenvalue weighted by molar-refractivity contribution is -0.137. The molecule has 4 nitrogen and oxygen atoms in total. The molecule has 0 radical (unpaired) electrons. The van der Waals surface area contributed by atoms with E-state index in [0.29, 0.717) is 25.3 Å². The molecule has 1 unspecified atom stereocenters.